The monoisotopic (exact) mass is 215 g/mol. The SMILES string of the molecule is C1=NC2=C1C1CCCC3CCC[C@]3(CC2)C1. The average Bonchev–Trinajstić information content (AvgIpc) is 2.47. The van der Waals surface area contributed by atoms with Crippen molar-refractivity contribution < 1.29 is 0 Å². The van der Waals surface area contributed by atoms with E-state index >= 15 is 0 Å². The van der Waals surface area contributed by atoms with Crippen LogP contribution in [0.4, 0.5) is 0 Å². The van der Waals surface area contributed by atoms with Crippen molar-refractivity contribution in [3.05, 3.63) is 11.3 Å². The van der Waals surface area contributed by atoms with Crippen LogP contribution in [0.25, 0.3) is 0 Å². The molecule has 0 aromatic carbocycles. The van der Waals surface area contributed by atoms with Crippen molar-refractivity contribution in [2.75, 3.05) is 0 Å². The van der Waals surface area contributed by atoms with E-state index in [4.69, 9.17) is 0 Å². The van der Waals surface area contributed by atoms with Crippen LogP contribution < -0.4 is 0 Å². The fourth-order valence-corrected chi connectivity index (χ4v) is 4.98. The Hall–Kier alpha value is -0.590. The lowest BCUT2D eigenvalue weighted by atomic mass is 9.70. The third-order valence-electron chi connectivity index (χ3n) is 5.84. The highest BCUT2D eigenvalue weighted by Gasteiger charge is 2.47. The second kappa shape index (κ2) is 3.21. The summed E-state index contributed by atoms with van der Waals surface area (Å²) >= 11 is 0. The van der Waals surface area contributed by atoms with Gasteiger partial charge in [-0.1, -0.05) is 12.8 Å². The lowest BCUT2D eigenvalue weighted by Gasteiger charge is -2.34. The number of nitrogens with zero attached hydrogens (tertiary/aromatic N) is 1. The van der Waals surface area contributed by atoms with Gasteiger partial charge in [0, 0.05) is 11.9 Å². The zero-order chi connectivity index (χ0) is 10.6. The number of hydrogen-bond acceptors (Lipinski definition) is 1. The number of aliphatic imine (C=N–C) groups is 1. The molecule has 0 aromatic heterocycles. The highest BCUT2D eigenvalue weighted by Crippen LogP contribution is 2.58. The molecule has 0 amide bonds. The van der Waals surface area contributed by atoms with Crippen LogP contribution >= 0.6 is 0 Å². The van der Waals surface area contributed by atoms with Crippen LogP contribution in [0.2, 0.25) is 0 Å². The van der Waals surface area contributed by atoms with Gasteiger partial charge in [-0.3, -0.25) is 4.99 Å². The van der Waals surface area contributed by atoms with Crippen molar-refractivity contribution in [2.24, 2.45) is 22.2 Å². The van der Waals surface area contributed by atoms with Crippen LogP contribution in [0, 0.1) is 17.3 Å². The molecule has 16 heavy (non-hydrogen) atoms. The Kier molecular flexibility index (Phi) is 1.89. The molecule has 86 valence electrons. The van der Waals surface area contributed by atoms with Gasteiger partial charge in [0.2, 0.25) is 0 Å². The molecule has 3 atom stereocenters. The maximum absolute atomic E-state index is 4.51. The number of allylic oxidation sites excluding steroid dienone is 2. The summed E-state index contributed by atoms with van der Waals surface area (Å²) in [7, 11) is 0. The first kappa shape index (κ1) is 9.44. The summed E-state index contributed by atoms with van der Waals surface area (Å²) in [4.78, 5) is 4.51. The molecule has 1 nitrogen and oxygen atoms in total. The van der Waals surface area contributed by atoms with Gasteiger partial charge in [0.25, 0.3) is 0 Å². The highest BCUT2D eigenvalue weighted by molar-refractivity contribution is 5.87. The van der Waals surface area contributed by atoms with Crippen molar-refractivity contribution in [3.8, 4) is 0 Å². The van der Waals surface area contributed by atoms with Crippen LogP contribution in [0.3, 0.4) is 0 Å². The van der Waals surface area contributed by atoms with E-state index in [1.807, 2.05) is 0 Å². The molecule has 4 aliphatic rings. The molecule has 1 spiro atoms. The zero-order valence-corrected chi connectivity index (χ0v) is 10.0. The van der Waals surface area contributed by atoms with E-state index < -0.39 is 0 Å². The molecule has 0 N–H and O–H groups in total. The third kappa shape index (κ3) is 1.15. The second-order valence-electron chi connectivity index (χ2n) is 6.44. The molecule has 0 saturated heterocycles. The Morgan fingerprint density at radius 3 is 2.94 bits per heavy atom. The van der Waals surface area contributed by atoms with E-state index in [0.717, 1.165) is 17.3 Å². The summed E-state index contributed by atoms with van der Waals surface area (Å²) in [5, 5.41) is 0. The molecule has 2 bridgehead atoms. The maximum Gasteiger partial charge on any atom is 0.0454 e. The lowest BCUT2D eigenvalue weighted by Crippen LogP contribution is -2.25. The number of fused-ring (bicyclic) bond motifs is 2. The van der Waals surface area contributed by atoms with Crippen LogP contribution in [0.15, 0.2) is 16.3 Å². The van der Waals surface area contributed by atoms with E-state index in [-0.39, 0.29) is 0 Å². The predicted octanol–water partition coefficient (Wildman–Crippen LogP) is 4.10. The highest BCUT2D eigenvalue weighted by atomic mass is 14.8. The van der Waals surface area contributed by atoms with Crippen molar-refractivity contribution in [1.82, 2.24) is 0 Å². The first-order valence-electron chi connectivity index (χ1n) is 7.15. The Bertz CT molecular complexity index is 379. The van der Waals surface area contributed by atoms with Crippen LogP contribution in [-0.4, -0.2) is 6.21 Å². The van der Waals surface area contributed by atoms with E-state index in [1.54, 1.807) is 5.57 Å². The quantitative estimate of drug-likeness (QED) is 0.577. The fraction of sp³-hybridized carbons (Fsp3) is 0.800. The normalized spacial score (nSPS) is 45.5. The maximum atomic E-state index is 4.51. The van der Waals surface area contributed by atoms with Gasteiger partial charge in [-0.2, -0.15) is 0 Å². The van der Waals surface area contributed by atoms with Crippen molar-refractivity contribution in [3.63, 3.8) is 0 Å². The number of hydrogen-bond donors (Lipinski definition) is 0. The Morgan fingerprint density at radius 2 is 2.06 bits per heavy atom. The molecule has 2 fully saturated rings. The van der Waals surface area contributed by atoms with Gasteiger partial charge >= 0.3 is 0 Å². The molecule has 1 heteroatoms. The van der Waals surface area contributed by atoms with Gasteiger partial charge in [0.1, 0.15) is 0 Å². The van der Waals surface area contributed by atoms with E-state index in [2.05, 4.69) is 11.2 Å². The second-order valence-corrected chi connectivity index (χ2v) is 6.44. The molecule has 3 aliphatic carbocycles. The molecule has 2 saturated carbocycles. The zero-order valence-electron chi connectivity index (χ0n) is 10.0. The summed E-state index contributed by atoms with van der Waals surface area (Å²) in [5.41, 5.74) is 3.88. The topological polar surface area (TPSA) is 12.4 Å². The predicted molar refractivity (Wildman–Crippen MR) is 66.5 cm³/mol. The number of rotatable bonds is 0. The molecule has 4 rings (SSSR count). The molecule has 0 aromatic rings. The van der Waals surface area contributed by atoms with Crippen LogP contribution in [0.1, 0.15) is 57.8 Å². The smallest absolute Gasteiger partial charge is 0.0454 e. The summed E-state index contributed by atoms with van der Waals surface area (Å²) in [6.45, 7) is 0. The summed E-state index contributed by atoms with van der Waals surface area (Å²) in [5.74, 6) is 1.95. The summed E-state index contributed by atoms with van der Waals surface area (Å²) < 4.78 is 0. The van der Waals surface area contributed by atoms with Crippen molar-refractivity contribution in [2.45, 2.75) is 57.8 Å². The van der Waals surface area contributed by atoms with Crippen LogP contribution in [-0.2, 0) is 0 Å². The van der Waals surface area contributed by atoms with Gasteiger partial charge in [-0.15, -0.1) is 0 Å². The summed E-state index contributed by atoms with van der Waals surface area (Å²) in [6, 6.07) is 0. The standard InChI is InChI=1S/C15H21N/c1-3-11-9-15(7-2-5-12(15)4-1)8-6-14-13(11)10-16-14/h10-12H,1-9H2/t11?,12?,15-/m0/s1. The van der Waals surface area contributed by atoms with Crippen molar-refractivity contribution in [1.29, 1.82) is 0 Å². The van der Waals surface area contributed by atoms with Gasteiger partial charge in [-0.25, -0.2) is 0 Å². The average molecular weight is 215 g/mol. The summed E-state index contributed by atoms with van der Waals surface area (Å²) in [6.07, 6.45) is 15.4. The van der Waals surface area contributed by atoms with Gasteiger partial charge in [-0.05, 0) is 67.8 Å². The third-order valence-corrected chi connectivity index (χ3v) is 5.84. The molecule has 2 unspecified atom stereocenters. The van der Waals surface area contributed by atoms with Crippen LogP contribution in [0.5, 0.6) is 0 Å². The Balaban J connectivity index is 1.72. The van der Waals surface area contributed by atoms with Gasteiger partial charge in [0.15, 0.2) is 0 Å². The minimum atomic E-state index is 0.738. The Labute approximate surface area is 98.0 Å². The minimum Gasteiger partial charge on any atom is -0.261 e. The molecular formula is C15H21N. The van der Waals surface area contributed by atoms with Crippen molar-refractivity contribution >= 4 is 6.21 Å². The minimum absolute atomic E-state index is 0.738. The molecule has 1 heterocycles. The first-order chi connectivity index (χ1) is 7.87. The molecular weight excluding hydrogens is 194 g/mol. The first-order valence-corrected chi connectivity index (χ1v) is 7.15. The van der Waals surface area contributed by atoms with E-state index in [9.17, 15) is 0 Å². The lowest BCUT2D eigenvalue weighted by molar-refractivity contribution is 0.159. The van der Waals surface area contributed by atoms with Gasteiger partial charge < -0.3 is 0 Å². The van der Waals surface area contributed by atoms with Gasteiger partial charge in [0.05, 0.1) is 0 Å². The van der Waals surface area contributed by atoms with E-state index in [0.29, 0.717) is 0 Å². The van der Waals surface area contributed by atoms with E-state index in [1.165, 1.54) is 63.5 Å². The molecule has 1 aliphatic heterocycles. The largest absolute Gasteiger partial charge is 0.261 e. The fourth-order valence-electron chi connectivity index (χ4n) is 4.98. The molecule has 0 radical (unpaired) electrons. The Morgan fingerprint density at radius 1 is 1.12 bits per heavy atom.